The number of hydrogen-bond acceptors (Lipinski definition) is 6. The summed E-state index contributed by atoms with van der Waals surface area (Å²) in [4.78, 5) is 26.5. The smallest absolute Gasteiger partial charge is 0.341 e. The maximum Gasteiger partial charge on any atom is 0.345 e. The predicted octanol–water partition coefficient (Wildman–Crippen LogP) is 0.229. The van der Waals surface area contributed by atoms with Crippen molar-refractivity contribution in [2.45, 2.75) is 37.4 Å². The zero-order valence-electron chi connectivity index (χ0n) is 14.8. The normalized spacial score (nSPS) is 17.9. The highest BCUT2D eigenvalue weighted by Gasteiger charge is 2.29. The van der Waals surface area contributed by atoms with Crippen LogP contribution in [-0.2, 0) is 25.4 Å². The predicted molar refractivity (Wildman–Crippen MR) is 93.4 cm³/mol. The van der Waals surface area contributed by atoms with Crippen molar-refractivity contribution in [3.8, 4) is 0 Å². The minimum Gasteiger partial charge on any atom is -0.341 e. The number of carbonyl (C=O) groups is 1. The molecule has 0 radical (unpaired) electrons. The maximum atomic E-state index is 12.6. The molecular weight excluding hydrogens is 342 g/mol. The van der Waals surface area contributed by atoms with Gasteiger partial charge in [0.2, 0.25) is 5.91 Å². The Kier molecular flexibility index (Phi) is 5.26. The summed E-state index contributed by atoms with van der Waals surface area (Å²) in [5, 5.41) is 12.9. The second-order valence-corrected chi connectivity index (χ2v) is 7.14. The number of piperidine rings is 1. The first-order chi connectivity index (χ1) is 12.0. The lowest BCUT2D eigenvalue weighted by Gasteiger charge is -2.32. The highest BCUT2D eigenvalue weighted by atomic mass is 32.2. The molecule has 2 aromatic heterocycles. The third-order valence-electron chi connectivity index (χ3n) is 4.49. The van der Waals surface area contributed by atoms with Gasteiger partial charge < -0.3 is 9.47 Å². The highest BCUT2D eigenvalue weighted by molar-refractivity contribution is 7.99. The summed E-state index contributed by atoms with van der Waals surface area (Å²) in [5.41, 5.74) is -0.0983. The highest BCUT2D eigenvalue weighted by Crippen LogP contribution is 2.26. The van der Waals surface area contributed by atoms with Crippen molar-refractivity contribution in [2.24, 2.45) is 14.1 Å². The summed E-state index contributed by atoms with van der Waals surface area (Å²) < 4.78 is 4.88. The molecule has 0 unspecified atom stereocenters. The Morgan fingerprint density at radius 1 is 1.40 bits per heavy atom. The fourth-order valence-electron chi connectivity index (χ4n) is 3.16. The summed E-state index contributed by atoms with van der Waals surface area (Å²) in [6.45, 7) is 3.89. The van der Waals surface area contributed by atoms with Crippen LogP contribution < -0.4 is 5.69 Å². The molecule has 2 aromatic rings. The van der Waals surface area contributed by atoms with Gasteiger partial charge in [-0.25, -0.2) is 9.48 Å². The quantitative estimate of drug-likeness (QED) is 0.705. The van der Waals surface area contributed by atoms with Crippen LogP contribution in [0.3, 0.4) is 0 Å². The first-order valence-electron chi connectivity index (χ1n) is 8.39. The van der Waals surface area contributed by atoms with Gasteiger partial charge in [-0.15, -0.1) is 10.2 Å². The Morgan fingerprint density at radius 3 is 2.88 bits per heavy atom. The molecule has 1 fully saturated rings. The van der Waals surface area contributed by atoms with Gasteiger partial charge >= 0.3 is 5.69 Å². The van der Waals surface area contributed by atoms with E-state index in [2.05, 4.69) is 15.3 Å². The Bertz CT molecular complexity index is 809. The van der Waals surface area contributed by atoms with E-state index >= 15 is 0 Å². The second kappa shape index (κ2) is 7.42. The van der Waals surface area contributed by atoms with Gasteiger partial charge in [-0.3, -0.25) is 9.36 Å². The van der Waals surface area contributed by atoms with Crippen LogP contribution >= 0.6 is 11.8 Å². The summed E-state index contributed by atoms with van der Waals surface area (Å²) in [6, 6.07) is 0. The van der Waals surface area contributed by atoms with Gasteiger partial charge in [0.15, 0.2) is 5.16 Å². The number of likely N-dealkylation sites (tertiary alicyclic amines) is 1. The molecule has 0 saturated carbocycles. The first kappa shape index (κ1) is 17.7. The summed E-state index contributed by atoms with van der Waals surface area (Å²) in [6.07, 6.45) is 3.48. The van der Waals surface area contributed by atoms with Crippen molar-refractivity contribution in [2.75, 3.05) is 18.8 Å². The number of amides is 1. The first-order valence-corrected chi connectivity index (χ1v) is 9.38. The third-order valence-corrected chi connectivity index (χ3v) is 5.51. The van der Waals surface area contributed by atoms with E-state index in [1.807, 2.05) is 18.9 Å². The van der Waals surface area contributed by atoms with E-state index in [0.29, 0.717) is 18.8 Å². The summed E-state index contributed by atoms with van der Waals surface area (Å²) in [5.74, 6) is 1.31. The van der Waals surface area contributed by atoms with Crippen LogP contribution in [-0.4, -0.2) is 58.8 Å². The lowest BCUT2D eigenvalue weighted by atomic mass is 9.97. The van der Waals surface area contributed by atoms with Crippen molar-refractivity contribution in [1.82, 2.24) is 34.0 Å². The number of rotatable bonds is 5. The number of thioether (sulfide) groups is 1. The van der Waals surface area contributed by atoms with Gasteiger partial charge in [-0.2, -0.15) is 5.10 Å². The minimum absolute atomic E-state index is 0.0824. The number of carbonyl (C=O) groups excluding carboxylic acids is 1. The van der Waals surface area contributed by atoms with Crippen LogP contribution in [0.1, 0.15) is 31.5 Å². The molecule has 0 spiro atoms. The SMILES string of the molecule is CCn1c([C@@H]2CCCN(C(=O)CSc3nncn3C)C2)nn(C)c1=O. The molecular formula is C15H23N7O2S. The van der Waals surface area contributed by atoms with E-state index < -0.39 is 0 Å². The van der Waals surface area contributed by atoms with Crippen molar-refractivity contribution in [1.29, 1.82) is 0 Å². The van der Waals surface area contributed by atoms with E-state index in [1.54, 1.807) is 22.5 Å². The molecule has 10 heteroatoms. The molecule has 1 aliphatic heterocycles. The van der Waals surface area contributed by atoms with Gasteiger partial charge in [0.05, 0.1) is 5.75 Å². The fraction of sp³-hybridized carbons (Fsp3) is 0.667. The van der Waals surface area contributed by atoms with Crippen molar-refractivity contribution < 1.29 is 4.79 Å². The molecule has 1 atom stereocenters. The Balaban J connectivity index is 1.67. The van der Waals surface area contributed by atoms with E-state index in [4.69, 9.17) is 0 Å². The standard InChI is InChI=1S/C15H23N7O2S/c1-4-22-13(18-20(3)15(22)24)11-6-5-7-21(8-11)12(23)9-25-14-17-16-10-19(14)2/h10-11H,4-9H2,1-3H3/t11-/m1/s1. The van der Waals surface area contributed by atoms with E-state index in [9.17, 15) is 9.59 Å². The zero-order chi connectivity index (χ0) is 18.0. The molecule has 136 valence electrons. The van der Waals surface area contributed by atoms with Gasteiger partial charge in [0, 0.05) is 39.6 Å². The van der Waals surface area contributed by atoms with E-state index in [0.717, 1.165) is 30.4 Å². The van der Waals surface area contributed by atoms with Gasteiger partial charge in [-0.05, 0) is 19.8 Å². The van der Waals surface area contributed by atoms with Crippen molar-refractivity contribution >= 4 is 17.7 Å². The molecule has 1 saturated heterocycles. The van der Waals surface area contributed by atoms with E-state index in [-0.39, 0.29) is 17.5 Å². The lowest BCUT2D eigenvalue weighted by molar-refractivity contribution is -0.129. The van der Waals surface area contributed by atoms with Crippen LogP contribution in [0.2, 0.25) is 0 Å². The molecule has 0 bridgehead atoms. The fourth-order valence-corrected chi connectivity index (χ4v) is 3.95. The van der Waals surface area contributed by atoms with Crippen LogP contribution in [0.25, 0.3) is 0 Å². The largest absolute Gasteiger partial charge is 0.345 e. The Labute approximate surface area is 150 Å². The van der Waals surface area contributed by atoms with Crippen LogP contribution in [0.5, 0.6) is 0 Å². The van der Waals surface area contributed by atoms with E-state index in [1.165, 1.54) is 16.4 Å². The molecule has 0 aliphatic carbocycles. The van der Waals surface area contributed by atoms with Crippen LogP contribution in [0.15, 0.2) is 16.3 Å². The maximum absolute atomic E-state index is 12.6. The average molecular weight is 365 g/mol. The molecule has 0 aromatic carbocycles. The number of nitrogens with zero attached hydrogens (tertiary/aromatic N) is 7. The van der Waals surface area contributed by atoms with Gasteiger partial charge in [0.1, 0.15) is 12.2 Å². The third kappa shape index (κ3) is 3.63. The molecule has 1 aliphatic rings. The summed E-state index contributed by atoms with van der Waals surface area (Å²) >= 11 is 1.39. The minimum atomic E-state index is -0.0983. The van der Waals surface area contributed by atoms with Crippen LogP contribution in [0, 0.1) is 0 Å². The number of aromatic nitrogens is 6. The average Bonchev–Trinajstić information content (AvgIpc) is 3.16. The molecule has 0 N–H and O–H groups in total. The van der Waals surface area contributed by atoms with Crippen molar-refractivity contribution in [3.05, 3.63) is 22.6 Å². The molecule has 3 rings (SSSR count). The number of hydrogen-bond donors (Lipinski definition) is 0. The topological polar surface area (TPSA) is 90.8 Å². The Morgan fingerprint density at radius 2 is 2.20 bits per heavy atom. The molecule has 9 nitrogen and oxygen atoms in total. The zero-order valence-corrected chi connectivity index (χ0v) is 15.6. The number of aryl methyl sites for hydroxylation is 2. The lowest BCUT2D eigenvalue weighted by Crippen LogP contribution is -2.41. The van der Waals surface area contributed by atoms with Crippen molar-refractivity contribution in [3.63, 3.8) is 0 Å². The molecule has 3 heterocycles. The van der Waals surface area contributed by atoms with Gasteiger partial charge in [0.25, 0.3) is 0 Å². The van der Waals surface area contributed by atoms with Gasteiger partial charge in [-0.1, -0.05) is 11.8 Å². The Hall–Kier alpha value is -2.10. The molecule has 1 amide bonds. The monoisotopic (exact) mass is 365 g/mol. The second-order valence-electron chi connectivity index (χ2n) is 6.20. The summed E-state index contributed by atoms with van der Waals surface area (Å²) in [7, 11) is 3.52. The van der Waals surface area contributed by atoms with Crippen LogP contribution in [0.4, 0.5) is 0 Å². The molecule has 25 heavy (non-hydrogen) atoms.